The molecule has 1 aromatic rings. The number of hydrogen-bond acceptors (Lipinski definition) is 3. The Kier molecular flexibility index (Phi) is 4.75. The lowest BCUT2D eigenvalue weighted by molar-refractivity contribution is 0.256. The predicted molar refractivity (Wildman–Crippen MR) is 77.3 cm³/mol. The number of benzene rings is 1. The molecule has 2 nitrogen and oxygen atoms in total. The lowest BCUT2D eigenvalue weighted by Gasteiger charge is -2.22. The predicted octanol–water partition coefficient (Wildman–Crippen LogP) is 2.99. The molecule has 0 aromatic heterocycles. The molecule has 0 saturated heterocycles. The molecule has 2 rings (SSSR count). The summed E-state index contributed by atoms with van der Waals surface area (Å²) < 4.78 is 0. The fourth-order valence-electron chi connectivity index (χ4n) is 2.10. The molecule has 0 atom stereocenters. The van der Waals surface area contributed by atoms with E-state index in [1.807, 2.05) is 23.9 Å². The van der Waals surface area contributed by atoms with Crippen LogP contribution in [0.1, 0.15) is 24.8 Å². The first-order valence-electron chi connectivity index (χ1n) is 6.37. The average molecular weight is 250 g/mol. The third-order valence-corrected chi connectivity index (χ3v) is 3.92. The highest BCUT2D eigenvalue weighted by Crippen LogP contribution is 2.28. The summed E-state index contributed by atoms with van der Waals surface area (Å²) in [5.74, 6) is 1.27. The van der Waals surface area contributed by atoms with E-state index in [1.54, 1.807) is 0 Å². The summed E-state index contributed by atoms with van der Waals surface area (Å²) in [4.78, 5) is 2.63. The molecule has 1 aromatic carbocycles. The maximum Gasteiger partial charge on any atom is 0.0314 e. The van der Waals surface area contributed by atoms with E-state index in [0.717, 1.165) is 18.3 Å². The van der Waals surface area contributed by atoms with Gasteiger partial charge in [0.15, 0.2) is 0 Å². The van der Waals surface area contributed by atoms with Gasteiger partial charge < -0.3 is 5.73 Å². The first-order chi connectivity index (χ1) is 8.29. The molecule has 0 aliphatic heterocycles. The maximum atomic E-state index is 5.71. The van der Waals surface area contributed by atoms with Crippen LogP contribution in [0.4, 0.5) is 5.69 Å². The van der Waals surface area contributed by atoms with Crippen LogP contribution in [0.25, 0.3) is 0 Å². The van der Waals surface area contributed by atoms with Gasteiger partial charge in [0.2, 0.25) is 0 Å². The summed E-state index contributed by atoms with van der Waals surface area (Å²) in [5.41, 5.74) is 7.95. The third kappa shape index (κ3) is 4.25. The summed E-state index contributed by atoms with van der Waals surface area (Å²) in [6, 6.07) is 9.15. The van der Waals surface area contributed by atoms with Crippen LogP contribution in [-0.2, 0) is 6.54 Å². The van der Waals surface area contributed by atoms with Crippen LogP contribution >= 0.6 is 11.8 Å². The second kappa shape index (κ2) is 6.31. The Morgan fingerprint density at radius 2 is 2.00 bits per heavy atom. The Balaban J connectivity index is 1.86. The molecule has 1 aliphatic rings. The number of nitrogen functional groups attached to an aromatic ring is 1. The molecule has 1 aliphatic carbocycles. The molecule has 0 unspecified atom stereocenters. The van der Waals surface area contributed by atoms with Crippen molar-refractivity contribution >= 4 is 17.4 Å². The zero-order valence-electron chi connectivity index (χ0n) is 10.6. The molecule has 0 amide bonds. The number of nitrogens with two attached hydrogens (primary N) is 1. The molecule has 3 heteroatoms. The van der Waals surface area contributed by atoms with E-state index in [-0.39, 0.29) is 0 Å². The summed E-state index contributed by atoms with van der Waals surface area (Å²) in [6.07, 6.45) is 6.25. The Hall–Kier alpha value is -0.670. The Bertz CT molecular complexity index is 333. The van der Waals surface area contributed by atoms with Gasteiger partial charge in [-0.15, -0.1) is 0 Å². The zero-order valence-corrected chi connectivity index (χ0v) is 11.4. The number of thioether (sulfide) groups is 1. The molecule has 0 bridgehead atoms. The van der Waals surface area contributed by atoms with Gasteiger partial charge in [-0.1, -0.05) is 12.1 Å². The highest BCUT2D eigenvalue weighted by Gasteiger charge is 2.28. The Labute approximate surface area is 109 Å². The van der Waals surface area contributed by atoms with E-state index >= 15 is 0 Å². The van der Waals surface area contributed by atoms with E-state index in [0.29, 0.717) is 0 Å². The lowest BCUT2D eigenvalue weighted by Crippen LogP contribution is -2.27. The van der Waals surface area contributed by atoms with Crippen LogP contribution in [0.2, 0.25) is 0 Å². The van der Waals surface area contributed by atoms with E-state index < -0.39 is 0 Å². The van der Waals surface area contributed by atoms with Gasteiger partial charge in [0.1, 0.15) is 0 Å². The van der Waals surface area contributed by atoms with Gasteiger partial charge in [-0.05, 0) is 55.5 Å². The van der Waals surface area contributed by atoms with E-state index in [4.69, 9.17) is 5.73 Å². The van der Waals surface area contributed by atoms with Crippen LogP contribution in [-0.4, -0.2) is 29.5 Å². The highest BCUT2D eigenvalue weighted by molar-refractivity contribution is 7.98. The molecule has 1 saturated carbocycles. The third-order valence-electron chi connectivity index (χ3n) is 3.22. The smallest absolute Gasteiger partial charge is 0.0314 e. The molecule has 17 heavy (non-hydrogen) atoms. The van der Waals surface area contributed by atoms with Crippen molar-refractivity contribution in [3.8, 4) is 0 Å². The minimum absolute atomic E-state index is 0.842. The van der Waals surface area contributed by atoms with Crippen molar-refractivity contribution in [2.45, 2.75) is 31.8 Å². The fourth-order valence-corrected chi connectivity index (χ4v) is 2.52. The van der Waals surface area contributed by atoms with Crippen molar-refractivity contribution < 1.29 is 0 Å². The monoisotopic (exact) mass is 250 g/mol. The first kappa shape index (κ1) is 12.8. The average Bonchev–Trinajstić information content (AvgIpc) is 3.15. The lowest BCUT2D eigenvalue weighted by atomic mass is 10.2. The second-order valence-corrected chi connectivity index (χ2v) is 5.78. The van der Waals surface area contributed by atoms with Gasteiger partial charge in [-0.3, -0.25) is 4.90 Å². The van der Waals surface area contributed by atoms with Crippen LogP contribution in [0.3, 0.4) is 0 Å². The van der Waals surface area contributed by atoms with Gasteiger partial charge in [0, 0.05) is 18.3 Å². The molecular formula is C14H22N2S. The van der Waals surface area contributed by atoms with Crippen molar-refractivity contribution in [1.29, 1.82) is 0 Å². The first-order valence-corrected chi connectivity index (χ1v) is 7.76. The number of hydrogen-bond donors (Lipinski definition) is 1. The maximum absolute atomic E-state index is 5.71. The number of anilines is 1. The SMILES string of the molecule is CSCCCN(Cc1ccc(N)cc1)C1CC1. The van der Waals surface area contributed by atoms with Gasteiger partial charge in [0.25, 0.3) is 0 Å². The molecule has 1 fully saturated rings. The van der Waals surface area contributed by atoms with Gasteiger partial charge in [0.05, 0.1) is 0 Å². The zero-order chi connectivity index (χ0) is 12.1. The fraction of sp³-hybridized carbons (Fsp3) is 0.571. The number of rotatable bonds is 7. The van der Waals surface area contributed by atoms with Crippen LogP contribution in [0, 0.1) is 0 Å². The van der Waals surface area contributed by atoms with Crippen molar-refractivity contribution in [3.63, 3.8) is 0 Å². The normalized spacial score (nSPS) is 15.4. The van der Waals surface area contributed by atoms with Crippen LogP contribution in [0.5, 0.6) is 0 Å². The highest BCUT2D eigenvalue weighted by atomic mass is 32.2. The van der Waals surface area contributed by atoms with Crippen molar-refractivity contribution in [1.82, 2.24) is 4.90 Å². The summed E-state index contributed by atoms with van der Waals surface area (Å²) in [6.45, 7) is 2.31. The molecule has 2 N–H and O–H groups in total. The largest absolute Gasteiger partial charge is 0.399 e. The topological polar surface area (TPSA) is 29.3 Å². The van der Waals surface area contributed by atoms with Gasteiger partial charge in [-0.2, -0.15) is 11.8 Å². The van der Waals surface area contributed by atoms with Crippen molar-refractivity contribution in [2.24, 2.45) is 0 Å². The summed E-state index contributed by atoms with van der Waals surface area (Å²) in [5, 5.41) is 0. The van der Waals surface area contributed by atoms with E-state index in [1.165, 1.54) is 37.1 Å². The Morgan fingerprint density at radius 1 is 1.29 bits per heavy atom. The number of nitrogens with zero attached hydrogens (tertiary/aromatic N) is 1. The van der Waals surface area contributed by atoms with Crippen molar-refractivity contribution in [3.05, 3.63) is 29.8 Å². The molecular weight excluding hydrogens is 228 g/mol. The van der Waals surface area contributed by atoms with Gasteiger partial charge in [-0.25, -0.2) is 0 Å². The quantitative estimate of drug-likeness (QED) is 0.596. The molecule has 0 spiro atoms. The standard InChI is InChI=1S/C14H22N2S/c1-17-10-2-9-16(14-7-8-14)11-12-3-5-13(15)6-4-12/h3-6,14H,2,7-11,15H2,1H3. The van der Waals surface area contributed by atoms with Crippen LogP contribution in [0.15, 0.2) is 24.3 Å². The molecule has 0 heterocycles. The van der Waals surface area contributed by atoms with Crippen molar-refractivity contribution in [2.75, 3.05) is 24.3 Å². The summed E-state index contributed by atoms with van der Waals surface area (Å²) in [7, 11) is 0. The molecule has 0 radical (unpaired) electrons. The molecule has 94 valence electrons. The van der Waals surface area contributed by atoms with Gasteiger partial charge >= 0.3 is 0 Å². The minimum atomic E-state index is 0.842. The Morgan fingerprint density at radius 3 is 2.59 bits per heavy atom. The second-order valence-electron chi connectivity index (χ2n) is 4.79. The van der Waals surface area contributed by atoms with E-state index in [9.17, 15) is 0 Å². The summed E-state index contributed by atoms with van der Waals surface area (Å²) >= 11 is 1.94. The van der Waals surface area contributed by atoms with E-state index in [2.05, 4.69) is 23.3 Å². The minimum Gasteiger partial charge on any atom is -0.399 e. The van der Waals surface area contributed by atoms with Crippen LogP contribution < -0.4 is 5.73 Å².